The summed E-state index contributed by atoms with van der Waals surface area (Å²) in [6, 6.07) is 0.177. The molecule has 0 fully saturated rings. The standard InChI is InChI=1S/C18H23N5O4/c1-11(2)23-9-13(8-20-23)21-16(24)14-12(3)27-17-15(14)18(25)22(10-19-17)6-5-7-26-4/h8-11H,5-7H2,1-4H3,(H,21,24). The summed E-state index contributed by atoms with van der Waals surface area (Å²) in [4.78, 5) is 29.8. The first-order valence-electron chi connectivity index (χ1n) is 8.75. The molecule has 0 atom stereocenters. The maximum absolute atomic E-state index is 12.8. The molecule has 1 N–H and O–H groups in total. The number of carbonyl (C=O) groups excluding carboxylic acids is 1. The molecule has 0 bridgehead atoms. The predicted octanol–water partition coefficient (Wildman–Crippen LogP) is 2.36. The van der Waals surface area contributed by atoms with E-state index in [2.05, 4.69) is 15.4 Å². The summed E-state index contributed by atoms with van der Waals surface area (Å²) in [6.45, 7) is 6.60. The molecular formula is C18H23N5O4. The van der Waals surface area contributed by atoms with Gasteiger partial charge in [-0.15, -0.1) is 0 Å². The summed E-state index contributed by atoms with van der Waals surface area (Å²) < 4.78 is 13.7. The minimum atomic E-state index is -0.428. The highest BCUT2D eigenvalue weighted by Crippen LogP contribution is 2.22. The van der Waals surface area contributed by atoms with Crippen molar-refractivity contribution >= 4 is 22.7 Å². The van der Waals surface area contributed by atoms with Crippen LogP contribution in [-0.2, 0) is 11.3 Å². The number of amides is 1. The molecule has 0 spiro atoms. The lowest BCUT2D eigenvalue weighted by Crippen LogP contribution is -2.23. The minimum Gasteiger partial charge on any atom is -0.442 e. The molecule has 3 aromatic rings. The molecule has 0 aromatic carbocycles. The van der Waals surface area contributed by atoms with Gasteiger partial charge in [0.25, 0.3) is 11.5 Å². The summed E-state index contributed by atoms with van der Waals surface area (Å²) in [5.41, 5.74) is 0.590. The van der Waals surface area contributed by atoms with Gasteiger partial charge in [0.2, 0.25) is 5.71 Å². The van der Waals surface area contributed by atoms with Crippen LogP contribution in [0.3, 0.4) is 0 Å². The fourth-order valence-corrected chi connectivity index (χ4v) is 2.83. The van der Waals surface area contributed by atoms with Gasteiger partial charge in [0.15, 0.2) is 0 Å². The molecule has 9 nitrogen and oxygen atoms in total. The fourth-order valence-electron chi connectivity index (χ4n) is 2.83. The van der Waals surface area contributed by atoms with Crippen LogP contribution >= 0.6 is 0 Å². The number of aromatic nitrogens is 4. The van der Waals surface area contributed by atoms with Crippen molar-refractivity contribution in [2.45, 2.75) is 39.8 Å². The highest BCUT2D eigenvalue weighted by molar-refractivity contribution is 6.12. The Kier molecular flexibility index (Phi) is 5.41. The van der Waals surface area contributed by atoms with Crippen LogP contribution in [0, 0.1) is 6.92 Å². The summed E-state index contributed by atoms with van der Waals surface area (Å²) in [5, 5.41) is 7.15. The molecule has 1 amide bonds. The van der Waals surface area contributed by atoms with Gasteiger partial charge in [-0.25, -0.2) is 4.98 Å². The van der Waals surface area contributed by atoms with Crippen LogP contribution in [0.5, 0.6) is 0 Å². The maximum Gasteiger partial charge on any atom is 0.265 e. The summed E-state index contributed by atoms with van der Waals surface area (Å²) in [7, 11) is 1.60. The lowest BCUT2D eigenvalue weighted by atomic mass is 10.1. The topological polar surface area (TPSA) is 104 Å². The second kappa shape index (κ2) is 7.75. The second-order valence-electron chi connectivity index (χ2n) is 6.56. The Morgan fingerprint density at radius 2 is 2.19 bits per heavy atom. The van der Waals surface area contributed by atoms with Crippen molar-refractivity contribution < 1.29 is 13.9 Å². The quantitative estimate of drug-likeness (QED) is 0.638. The minimum absolute atomic E-state index is 0.156. The number of ether oxygens (including phenoxy) is 1. The van der Waals surface area contributed by atoms with Crippen LogP contribution in [0.4, 0.5) is 5.69 Å². The Morgan fingerprint density at radius 1 is 1.41 bits per heavy atom. The number of fused-ring (bicyclic) bond motifs is 1. The SMILES string of the molecule is COCCCn1cnc2oc(C)c(C(=O)Nc3cnn(C(C)C)c3)c2c1=O. The molecule has 0 aliphatic heterocycles. The van der Waals surface area contributed by atoms with Crippen LogP contribution in [0.25, 0.3) is 11.1 Å². The Hall–Kier alpha value is -2.94. The van der Waals surface area contributed by atoms with E-state index in [0.717, 1.165) is 0 Å². The van der Waals surface area contributed by atoms with Gasteiger partial charge in [0.1, 0.15) is 17.5 Å². The molecular weight excluding hydrogens is 350 g/mol. The smallest absolute Gasteiger partial charge is 0.265 e. The average molecular weight is 373 g/mol. The number of methoxy groups -OCH3 is 1. The molecule has 144 valence electrons. The number of anilines is 1. The third kappa shape index (κ3) is 3.77. The van der Waals surface area contributed by atoms with Gasteiger partial charge in [0.05, 0.1) is 17.4 Å². The van der Waals surface area contributed by atoms with E-state index in [0.29, 0.717) is 31.0 Å². The Balaban J connectivity index is 1.94. The number of rotatable bonds is 7. The number of nitrogens with one attached hydrogen (secondary N) is 1. The number of hydrogen-bond donors (Lipinski definition) is 1. The third-order valence-corrected chi connectivity index (χ3v) is 4.22. The number of aryl methyl sites for hydroxylation is 2. The van der Waals surface area contributed by atoms with E-state index in [9.17, 15) is 9.59 Å². The first-order valence-corrected chi connectivity index (χ1v) is 8.75. The number of hydrogen-bond acceptors (Lipinski definition) is 6. The Bertz CT molecular complexity index is 1010. The summed E-state index contributed by atoms with van der Waals surface area (Å²) in [5.74, 6) is -0.0823. The molecule has 27 heavy (non-hydrogen) atoms. The molecule has 0 aliphatic carbocycles. The molecule has 0 saturated heterocycles. The van der Waals surface area contributed by atoms with Gasteiger partial charge >= 0.3 is 0 Å². The highest BCUT2D eigenvalue weighted by atomic mass is 16.5. The Labute approximate surface area is 155 Å². The van der Waals surface area contributed by atoms with Gasteiger partial charge in [-0.05, 0) is 27.2 Å². The second-order valence-corrected chi connectivity index (χ2v) is 6.56. The molecule has 9 heteroatoms. The number of carbonyl (C=O) groups is 1. The van der Waals surface area contributed by atoms with Crippen LogP contribution in [0.15, 0.2) is 27.9 Å². The average Bonchev–Trinajstić information content (AvgIpc) is 3.21. The first-order chi connectivity index (χ1) is 12.9. The number of furan rings is 1. The van der Waals surface area contributed by atoms with Crippen LogP contribution in [0.1, 0.15) is 42.4 Å². The van der Waals surface area contributed by atoms with Gasteiger partial charge in [0, 0.05) is 32.5 Å². The van der Waals surface area contributed by atoms with Crippen LogP contribution < -0.4 is 10.9 Å². The van der Waals surface area contributed by atoms with Crippen LogP contribution in [0.2, 0.25) is 0 Å². The third-order valence-electron chi connectivity index (χ3n) is 4.22. The summed E-state index contributed by atoms with van der Waals surface area (Å²) >= 11 is 0. The van der Waals surface area contributed by atoms with E-state index >= 15 is 0 Å². The first kappa shape index (κ1) is 18.8. The molecule has 3 rings (SSSR count). The molecule has 0 aliphatic rings. The maximum atomic E-state index is 12.8. The van der Waals surface area contributed by atoms with Crippen molar-refractivity contribution in [3.05, 3.63) is 40.4 Å². The monoisotopic (exact) mass is 373 g/mol. The van der Waals surface area contributed by atoms with Crippen molar-refractivity contribution in [1.29, 1.82) is 0 Å². The highest BCUT2D eigenvalue weighted by Gasteiger charge is 2.23. The zero-order chi connectivity index (χ0) is 19.6. The predicted molar refractivity (Wildman–Crippen MR) is 100 cm³/mol. The van der Waals surface area contributed by atoms with Crippen molar-refractivity contribution in [2.75, 3.05) is 19.0 Å². The lowest BCUT2D eigenvalue weighted by Gasteiger charge is -2.05. The number of nitrogens with zero attached hydrogens (tertiary/aromatic N) is 4. The Morgan fingerprint density at radius 3 is 2.85 bits per heavy atom. The van der Waals surface area contributed by atoms with Crippen molar-refractivity contribution in [1.82, 2.24) is 19.3 Å². The van der Waals surface area contributed by atoms with Gasteiger partial charge < -0.3 is 14.5 Å². The van der Waals surface area contributed by atoms with E-state index < -0.39 is 5.91 Å². The van der Waals surface area contributed by atoms with E-state index in [1.165, 1.54) is 10.9 Å². The van der Waals surface area contributed by atoms with Crippen molar-refractivity contribution in [3.8, 4) is 0 Å². The summed E-state index contributed by atoms with van der Waals surface area (Å²) in [6.07, 6.45) is 5.40. The van der Waals surface area contributed by atoms with Gasteiger partial charge in [-0.1, -0.05) is 0 Å². The lowest BCUT2D eigenvalue weighted by molar-refractivity contribution is 0.102. The molecule has 0 saturated carbocycles. The van der Waals surface area contributed by atoms with E-state index in [4.69, 9.17) is 9.15 Å². The molecule has 3 aromatic heterocycles. The molecule has 3 heterocycles. The van der Waals surface area contributed by atoms with Crippen molar-refractivity contribution in [2.24, 2.45) is 0 Å². The normalized spacial score (nSPS) is 11.4. The van der Waals surface area contributed by atoms with E-state index in [1.54, 1.807) is 31.1 Å². The van der Waals surface area contributed by atoms with Gasteiger partial charge in [-0.3, -0.25) is 18.8 Å². The van der Waals surface area contributed by atoms with E-state index in [1.807, 2.05) is 13.8 Å². The van der Waals surface area contributed by atoms with Crippen molar-refractivity contribution in [3.63, 3.8) is 0 Å². The molecule has 0 unspecified atom stereocenters. The zero-order valence-corrected chi connectivity index (χ0v) is 15.9. The fraction of sp³-hybridized carbons (Fsp3) is 0.444. The molecule has 0 radical (unpaired) electrons. The van der Waals surface area contributed by atoms with E-state index in [-0.39, 0.29) is 28.3 Å². The zero-order valence-electron chi connectivity index (χ0n) is 15.9. The largest absolute Gasteiger partial charge is 0.442 e. The van der Waals surface area contributed by atoms with Crippen LogP contribution in [-0.4, -0.2) is 39.0 Å². The van der Waals surface area contributed by atoms with Gasteiger partial charge in [-0.2, -0.15) is 5.10 Å².